The van der Waals surface area contributed by atoms with Crippen molar-refractivity contribution in [2.75, 3.05) is 4.90 Å². The van der Waals surface area contributed by atoms with Crippen molar-refractivity contribution >= 4 is 11.4 Å². The van der Waals surface area contributed by atoms with Crippen molar-refractivity contribution in [2.24, 2.45) is 0 Å². The van der Waals surface area contributed by atoms with E-state index < -0.39 is 5.41 Å². The van der Waals surface area contributed by atoms with Gasteiger partial charge in [-0.25, -0.2) is 0 Å². The molecule has 49 heavy (non-hydrogen) atoms. The lowest BCUT2D eigenvalue weighted by Gasteiger charge is -2.34. The number of rotatable bonds is 3. The Morgan fingerprint density at radius 2 is 1.06 bits per heavy atom. The Kier molecular flexibility index (Phi) is 6.20. The molecule has 1 aliphatic carbocycles. The monoisotopic (exact) mass is 625 g/mol. The fourth-order valence-corrected chi connectivity index (χ4v) is 8.86. The molecule has 2 aliphatic heterocycles. The van der Waals surface area contributed by atoms with Crippen molar-refractivity contribution in [2.45, 2.75) is 25.3 Å². The second kappa shape index (κ2) is 10.8. The van der Waals surface area contributed by atoms with Crippen LogP contribution >= 0.6 is 0 Å². The van der Waals surface area contributed by atoms with Crippen LogP contribution in [0, 0.1) is 6.92 Å². The van der Waals surface area contributed by atoms with E-state index in [-0.39, 0.29) is 0 Å². The Labute approximate surface area is 288 Å². The quantitative estimate of drug-likeness (QED) is 0.189. The van der Waals surface area contributed by atoms with E-state index in [0.717, 1.165) is 13.0 Å². The molecule has 7 aromatic rings. The number of allylic oxidation sites excluding steroid dienone is 1. The summed E-state index contributed by atoms with van der Waals surface area (Å²) in [6, 6.07) is 61.4. The van der Waals surface area contributed by atoms with Gasteiger partial charge in [0.2, 0.25) is 0 Å². The van der Waals surface area contributed by atoms with E-state index in [2.05, 4.69) is 182 Å². The van der Waals surface area contributed by atoms with E-state index in [9.17, 15) is 0 Å². The third-order valence-corrected chi connectivity index (χ3v) is 11.1. The van der Waals surface area contributed by atoms with Crippen LogP contribution in [0.3, 0.4) is 0 Å². The van der Waals surface area contributed by atoms with Crippen LogP contribution < -0.4 is 4.90 Å². The molecule has 0 fully saturated rings. The molecule has 10 rings (SSSR count). The van der Waals surface area contributed by atoms with Gasteiger partial charge >= 0.3 is 0 Å². The predicted octanol–water partition coefficient (Wildman–Crippen LogP) is 11.6. The second-order valence-corrected chi connectivity index (χ2v) is 13.7. The number of benzene rings is 7. The average molecular weight is 626 g/mol. The highest BCUT2D eigenvalue weighted by Crippen LogP contribution is 2.57. The molecule has 3 aliphatic rings. The maximum atomic E-state index is 2.52. The summed E-state index contributed by atoms with van der Waals surface area (Å²) in [5.74, 6) is 0. The van der Waals surface area contributed by atoms with Crippen molar-refractivity contribution in [1.29, 1.82) is 0 Å². The van der Waals surface area contributed by atoms with Crippen molar-refractivity contribution in [1.82, 2.24) is 0 Å². The minimum atomic E-state index is -0.422. The summed E-state index contributed by atoms with van der Waals surface area (Å²) in [4.78, 5) is 2.52. The molecular formula is C48H35N. The molecule has 2 heterocycles. The van der Waals surface area contributed by atoms with E-state index in [1.54, 1.807) is 0 Å². The molecule has 0 spiro atoms. The minimum Gasteiger partial charge on any atom is -0.336 e. The third-order valence-electron chi connectivity index (χ3n) is 11.1. The van der Waals surface area contributed by atoms with Gasteiger partial charge in [0.1, 0.15) is 0 Å². The zero-order valence-electron chi connectivity index (χ0n) is 27.5. The van der Waals surface area contributed by atoms with Crippen LogP contribution in [0.5, 0.6) is 0 Å². The van der Waals surface area contributed by atoms with Gasteiger partial charge in [0.05, 0.1) is 5.41 Å². The molecule has 232 valence electrons. The van der Waals surface area contributed by atoms with E-state index >= 15 is 0 Å². The van der Waals surface area contributed by atoms with Crippen molar-refractivity contribution < 1.29 is 0 Å². The lowest BCUT2D eigenvalue weighted by molar-refractivity contribution is 0.768. The summed E-state index contributed by atoms with van der Waals surface area (Å²) >= 11 is 0. The second-order valence-electron chi connectivity index (χ2n) is 13.7. The van der Waals surface area contributed by atoms with E-state index in [0.29, 0.717) is 0 Å². The highest BCUT2D eigenvalue weighted by Gasteiger charge is 2.46. The van der Waals surface area contributed by atoms with Gasteiger partial charge in [0.25, 0.3) is 0 Å². The van der Waals surface area contributed by atoms with Crippen LogP contribution in [0.2, 0.25) is 0 Å². The SMILES string of the molecule is Cc1ccc2c(c1)C(c1ccccc1)(c1ccccc1)c1cc(-c3ccc4c(c3)-c3ccccc3CN3C4=CCc4ccccc43)ccc1-2. The highest BCUT2D eigenvalue weighted by molar-refractivity contribution is 5.95. The molecule has 7 aromatic carbocycles. The average Bonchev–Trinajstić information content (AvgIpc) is 3.36. The van der Waals surface area contributed by atoms with Crippen LogP contribution in [0.15, 0.2) is 170 Å². The van der Waals surface area contributed by atoms with E-state index in [1.165, 1.54) is 89.3 Å². The number of hydrogen-bond donors (Lipinski definition) is 0. The Morgan fingerprint density at radius 1 is 0.469 bits per heavy atom. The number of para-hydroxylation sites is 1. The zero-order chi connectivity index (χ0) is 32.5. The fourth-order valence-electron chi connectivity index (χ4n) is 8.86. The lowest BCUT2D eigenvalue weighted by Crippen LogP contribution is -2.28. The van der Waals surface area contributed by atoms with E-state index in [4.69, 9.17) is 0 Å². The van der Waals surface area contributed by atoms with Gasteiger partial charge < -0.3 is 4.90 Å². The molecule has 0 radical (unpaired) electrons. The third kappa shape index (κ3) is 4.12. The number of hydrogen-bond acceptors (Lipinski definition) is 1. The topological polar surface area (TPSA) is 3.24 Å². The van der Waals surface area contributed by atoms with Crippen LogP contribution in [0.4, 0.5) is 5.69 Å². The molecule has 0 amide bonds. The van der Waals surface area contributed by atoms with Gasteiger partial charge in [-0.05, 0) is 98.3 Å². The molecule has 0 saturated heterocycles. The summed E-state index contributed by atoms with van der Waals surface area (Å²) < 4.78 is 0. The summed E-state index contributed by atoms with van der Waals surface area (Å²) in [6.45, 7) is 3.07. The molecule has 0 atom stereocenters. The summed E-state index contributed by atoms with van der Waals surface area (Å²) in [6.07, 6.45) is 3.38. The van der Waals surface area contributed by atoms with Crippen molar-refractivity contribution in [3.8, 4) is 33.4 Å². The smallest absolute Gasteiger partial charge is 0.0713 e. The molecule has 1 heteroatoms. The number of anilines is 1. The molecule has 0 saturated carbocycles. The van der Waals surface area contributed by atoms with Crippen LogP contribution in [0.25, 0.3) is 39.1 Å². The first-order valence-electron chi connectivity index (χ1n) is 17.4. The first kappa shape index (κ1) is 28.1. The van der Waals surface area contributed by atoms with Gasteiger partial charge in [-0.3, -0.25) is 0 Å². The van der Waals surface area contributed by atoms with Crippen LogP contribution in [-0.4, -0.2) is 0 Å². The molecule has 0 aromatic heterocycles. The standard InChI is InChI=1S/C48H35N/c1-32-20-24-40-41-25-21-35(30-45(41)48(44(40)28-32,37-14-4-2-5-15-37)38-16-6-3-7-17-38)34-22-26-42-43(29-34)39-18-10-8-13-36(39)31-49-46-19-11-9-12-33(46)23-27-47(42)49/h2-22,24-30H,23,31H2,1H3. The molecule has 0 N–H and O–H groups in total. The van der Waals surface area contributed by atoms with Crippen molar-refractivity contribution in [3.05, 3.63) is 214 Å². The molecular weight excluding hydrogens is 591 g/mol. The number of aryl methyl sites for hydroxylation is 1. The minimum absolute atomic E-state index is 0.422. The van der Waals surface area contributed by atoms with Crippen molar-refractivity contribution in [3.63, 3.8) is 0 Å². The predicted molar refractivity (Wildman–Crippen MR) is 204 cm³/mol. The normalized spacial score (nSPS) is 14.7. The summed E-state index contributed by atoms with van der Waals surface area (Å²) in [5, 5.41) is 0. The fraction of sp³-hybridized carbons (Fsp3) is 0.0833. The Balaban J connectivity index is 1.20. The summed E-state index contributed by atoms with van der Waals surface area (Å²) in [5.41, 5.74) is 20.6. The molecule has 0 unspecified atom stereocenters. The summed E-state index contributed by atoms with van der Waals surface area (Å²) in [7, 11) is 0. The molecule has 0 bridgehead atoms. The van der Waals surface area contributed by atoms with Gasteiger partial charge in [0, 0.05) is 23.5 Å². The van der Waals surface area contributed by atoms with Gasteiger partial charge in [-0.1, -0.05) is 157 Å². The lowest BCUT2D eigenvalue weighted by atomic mass is 9.67. The first-order valence-corrected chi connectivity index (χ1v) is 17.4. The van der Waals surface area contributed by atoms with Gasteiger partial charge in [-0.15, -0.1) is 0 Å². The van der Waals surface area contributed by atoms with Gasteiger partial charge in [-0.2, -0.15) is 0 Å². The van der Waals surface area contributed by atoms with Crippen LogP contribution in [0.1, 0.15) is 44.5 Å². The highest BCUT2D eigenvalue weighted by atomic mass is 15.2. The van der Waals surface area contributed by atoms with Crippen LogP contribution in [-0.2, 0) is 18.4 Å². The van der Waals surface area contributed by atoms with E-state index in [1.807, 2.05) is 0 Å². The Bertz CT molecular complexity index is 2410. The Hall–Kier alpha value is -5.92. The maximum Gasteiger partial charge on any atom is 0.0713 e. The zero-order valence-corrected chi connectivity index (χ0v) is 27.5. The first-order chi connectivity index (χ1) is 24.2. The largest absolute Gasteiger partial charge is 0.336 e. The number of fused-ring (bicyclic) bond motifs is 10. The molecule has 1 nitrogen and oxygen atoms in total. The maximum absolute atomic E-state index is 2.52. The van der Waals surface area contributed by atoms with Gasteiger partial charge in [0.15, 0.2) is 0 Å². The number of nitrogens with zero attached hydrogens (tertiary/aromatic N) is 1. The Morgan fingerprint density at radius 3 is 1.82 bits per heavy atom.